The fourth-order valence-corrected chi connectivity index (χ4v) is 3.07. The van der Waals surface area contributed by atoms with Gasteiger partial charge in [0.1, 0.15) is 15.9 Å². The first kappa shape index (κ1) is 13.8. The van der Waals surface area contributed by atoms with Crippen molar-refractivity contribution >= 4 is 27.3 Å². The van der Waals surface area contributed by atoms with Crippen molar-refractivity contribution in [3.63, 3.8) is 0 Å². The lowest BCUT2D eigenvalue weighted by atomic mass is 10.2. The Hall–Kier alpha value is -1.66. The normalized spacial score (nSPS) is 11.3. The van der Waals surface area contributed by atoms with Gasteiger partial charge in [0.05, 0.1) is 5.69 Å². The molecule has 0 atom stereocenters. The van der Waals surface area contributed by atoms with E-state index in [2.05, 4.69) is 9.71 Å². The van der Waals surface area contributed by atoms with Gasteiger partial charge < -0.3 is 0 Å². The molecule has 0 amide bonds. The standard InChI is InChI=1S/C12H10ClFN2O2S/c1-8-5-9(14)7-10(6-8)16-19(17,18)11-3-2-4-15-12(11)13/h2-7,16H,1H3. The topological polar surface area (TPSA) is 59.1 Å². The summed E-state index contributed by atoms with van der Waals surface area (Å²) in [6, 6.07) is 6.69. The number of pyridine rings is 1. The Bertz CT molecular complexity index is 699. The van der Waals surface area contributed by atoms with Crippen LogP contribution < -0.4 is 4.72 Å². The number of hydrogen-bond acceptors (Lipinski definition) is 3. The number of aryl methyl sites for hydroxylation is 1. The maximum absolute atomic E-state index is 13.2. The third kappa shape index (κ3) is 3.21. The Balaban J connectivity index is 2.39. The third-order valence-electron chi connectivity index (χ3n) is 2.31. The van der Waals surface area contributed by atoms with Gasteiger partial charge in [-0.1, -0.05) is 11.6 Å². The van der Waals surface area contributed by atoms with Gasteiger partial charge in [-0.05, 0) is 42.8 Å². The second-order valence-electron chi connectivity index (χ2n) is 3.92. The van der Waals surface area contributed by atoms with E-state index in [9.17, 15) is 12.8 Å². The molecule has 1 aromatic heterocycles. The minimum absolute atomic E-state index is 0.136. The zero-order valence-electron chi connectivity index (χ0n) is 9.89. The number of benzene rings is 1. The molecule has 4 nitrogen and oxygen atoms in total. The van der Waals surface area contributed by atoms with E-state index in [0.717, 1.165) is 6.07 Å². The van der Waals surface area contributed by atoms with E-state index in [0.29, 0.717) is 5.56 Å². The second kappa shape index (κ2) is 5.14. The summed E-state index contributed by atoms with van der Waals surface area (Å²) in [5.74, 6) is -0.519. The smallest absolute Gasteiger partial charge is 0.264 e. The number of rotatable bonds is 3. The van der Waals surface area contributed by atoms with Crippen LogP contribution >= 0.6 is 11.6 Å². The van der Waals surface area contributed by atoms with Crippen LogP contribution in [0.3, 0.4) is 0 Å². The van der Waals surface area contributed by atoms with Gasteiger partial charge in [0.2, 0.25) is 0 Å². The zero-order chi connectivity index (χ0) is 14.0. The highest BCUT2D eigenvalue weighted by atomic mass is 35.5. The summed E-state index contributed by atoms with van der Waals surface area (Å²) in [6.45, 7) is 1.66. The van der Waals surface area contributed by atoms with Crippen LogP contribution in [0.5, 0.6) is 0 Å². The molecule has 0 fully saturated rings. The van der Waals surface area contributed by atoms with Crippen LogP contribution in [0.25, 0.3) is 0 Å². The summed E-state index contributed by atoms with van der Waals surface area (Å²) in [5.41, 5.74) is 0.743. The van der Waals surface area contributed by atoms with E-state index in [1.54, 1.807) is 6.92 Å². The number of hydrogen-bond donors (Lipinski definition) is 1. The molecule has 0 aliphatic carbocycles. The lowest BCUT2D eigenvalue weighted by Crippen LogP contribution is -2.14. The number of anilines is 1. The van der Waals surface area contributed by atoms with Crippen molar-refractivity contribution in [2.45, 2.75) is 11.8 Å². The Labute approximate surface area is 115 Å². The highest BCUT2D eigenvalue weighted by Crippen LogP contribution is 2.22. The summed E-state index contributed by atoms with van der Waals surface area (Å²) >= 11 is 5.73. The van der Waals surface area contributed by atoms with Gasteiger partial charge in [-0.15, -0.1) is 0 Å². The molecule has 1 N–H and O–H groups in total. The van der Waals surface area contributed by atoms with Crippen LogP contribution in [-0.4, -0.2) is 13.4 Å². The van der Waals surface area contributed by atoms with E-state index in [4.69, 9.17) is 11.6 Å². The highest BCUT2D eigenvalue weighted by Gasteiger charge is 2.18. The van der Waals surface area contributed by atoms with E-state index in [1.807, 2.05) is 0 Å². The molecule has 1 heterocycles. The lowest BCUT2D eigenvalue weighted by Gasteiger charge is -2.09. The molecule has 2 rings (SSSR count). The van der Waals surface area contributed by atoms with Crippen molar-refractivity contribution in [1.29, 1.82) is 0 Å². The fourth-order valence-electron chi connectivity index (χ4n) is 1.58. The van der Waals surface area contributed by atoms with Crippen LogP contribution in [0.1, 0.15) is 5.56 Å². The Morgan fingerprint density at radius 3 is 2.68 bits per heavy atom. The summed E-state index contributed by atoms with van der Waals surface area (Å²) in [5, 5.41) is -0.136. The molecule has 0 aliphatic heterocycles. The Kier molecular flexibility index (Phi) is 3.73. The first-order valence-electron chi connectivity index (χ1n) is 5.29. The third-order valence-corrected chi connectivity index (χ3v) is 4.13. The summed E-state index contributed by atoms with van der Waals surface area (Å²) in [6.07, 6.45) is 1.38. The van der Waals surface area contributed by atoms with Crippen molar-refractivity contribution in [2.75, 3.05) is 4.72 Å². The number of halogens is 2. The number of nitrogens with one attached hydrogen (secondary N) is 1. The maximum atomic E-state index is 13.2. The molecular formula is C12H10ClFN2O2S. The van der Waals surface area contributed by atoms with Crippen molar-refractivity contribution in [3.8, 4) is 0 Å². The van der Waals surface area contributed by atoms with Crippen LogP contribution in [0, 0.1) is 12.7 Å². The molecular weight excluding hydrogens is 291 g/mol. The van der Waals surface area contributed by atoms with E-state index in [-0.39, 0.29) is 15.7 Å². The highest BCUT2D eigenvalue weighted by molar-refractivity contribution is 7.92. The number of sulfonamides is 1. The van der Waals surface area contributed by atoms with Crippen molar-refractivity contribution < 1.29 is 12.8 Å². The van der Waals surface area contributed by atoms with Crippen molar-refractivity contribution in [1.82, 2.24) is 4.98 Å². The van der Waals surface area contributed by atoms with Gasteiger partial charge in [0.25, 0.3) is 10.0 Å². The van der Waals surface area contributed by atoms with Gasteiger partial charge in [0.15, 0.2) is 0 Å². The molecule has 1 aromatic carbocycles. The Morgan fingerprint density at radius 2 is 2.05 bits per heavy atom. The van der Waals surface area contributed by atoms with Crippen LogP contribution in [0.15, 0.2) is 41.4 Å². The Morgan fingerprint density at radius 1 is 1.32 bits per heavy atom. The molecule has 0 saturated heterocycles. The maximum Gasteiger partial charge on any atom is 0.264 e. The quantitative estimate of drug-likeness (QED) is 0.887. The predicted molar refractivity (Wildman–Crippen MR) is 71.2 cm³/mol. The molecule has 100 valence electrons. The summed E-state index contributed by atoms with van der Waals surface area (Å²) in [7, 11) is -3.89. The molecule has 0 unspecified atom stereocenters. The van der Waals surface area contributed by atoms with Crippen molar-refractivity contribution in [2.24, 2.45) is 0 Å². The minimum Gasteiger partial charge on any atom is -0.279 e. The first-order valence-corrected chi connectivity index (χ1v) is 7.15. The second-order valence-corrected chi connectivity index (χ2v) is 5.92. The fraction of sp³-hybridized carbons (Fsp3) is 0.0833. The van der Waals surface area contributed by atoms with Gasteiger partial charge in [-0.3, -0.25) is 4.72 Å². The first-order chi connectivity index (χ1) is 8.88. The number of aromatic nitrogens is 1. The molecule has 7 heteroatoms. The molecule has 19 heavy (non-hydrogen) atoms. The molecule has 2 aromatic rings. The monoisotopic (exact) mass is 300 g/mol. The van der Waals surface area contributed by atoms with E-state index < -0.39 is 15.8 Å². The van der Waals surface area contributed by atoms with Crippen LogP contribution in [-0.2, 0) is 10.0 Å². The van der Waals surface area contributed by atoms with E-state index >= 15 is 0 Å². The molecule has 0 saturated carbocycles. The molecule has 0 radical (unpaired) electrons. The van der Waals surface area contributed by atoms with Gasteiger partial charge in [-0.25, -0.2) is 17.8 Å². The molecule has 0 bridgehead atoms. The van der Waals surface area contributed by atoms with Crippen LogP contribution in [0.2, 0.25) is 5.15 Å². The number of nitrogens with zero attached hydrogens (tertiary/aromatic N) is 1. The van der Waals surface area contributed by atoms with Crippen LogP contribution in [0.4, 0.5) is 10.1 Å². The zero-order valence-corrected chi connectivity index (χ0v) is 11.5. The average Bonchev–Trinajstić information content (AvgIpc) is 2.26. The average molecular weight is 301 g/mol. The van der Waals surface area contributed by atoms with Gasteiger partial charge in [0, 0.05) is 6.20 Å². The largest absolute Gasteiger partial charge is 0.279 e. The predicted octanol–water partition coefficient (Wildman–Crippen LogP) is 2.98. The minimum atomic E-state index is -3.89. The van der Waals surface area contributed by atoms with E-state index in [1.165, 1.54) is 30.5 Å². The molecule has 0 spiro atoms. The lowest BCUT2D eigenvalue weighted by molar-refractivity contribution is 0.600. The molecule has 0 aliphatic rings. The van der Waals surface area contributed by atoms with Gasteiger partial charge >= 0.3 is 0 Å². The summed E-state index contributed by atoms with van der Waals surface area (Å²) < 4.78 is 39.7. The van der Waals surface area contributed by atoms with Crippen molar-refractivity contribution in [3.05, 3.63) is 53.1 Å². The summed E-state index contributed by atoms with van der Waals surface area (Å²) in [4.78, 5) is 3.54. The van der Waals surface area contributed by atoms with Gasteiger partial charge in [-0.2, -0.15) is 0 Å². The SMILES string of the molecule is Cc1cc(F)cc(NS(=O)(=O)c2cccnc2Cl)c1.